The van der Waals surface area contributed by atoms with Crippen LogP contribution in [0.4, 0.5) is 0 Å². The summed E-state index contributed by atoms with van der Waals surface area (Å²) in [5.41, 5.74) is 1.25. The van der Waals surface area contributed by atoms with E-state index in [1.807, 2.05) is 29.8 Å². The molecule has 0 bridgehead atoms. The van der Waals surface area contributed by atoms with E-state index in [1.54, 1.807) is 12.1 Å². The van der Waals surface area contributed by atoms with Crippen molar-refractivity contribution in [2.24, 2.45) is 0 Å². The monoisotopic (exact) mass is 233 g/mol. The lowest BCUT2D eigenvalue weighted by Crippen LogP contribution is -2.05. The molecule has 1 aromatic carbocycles. The Labute approximate surface area is 99.4 Å². The molecule has 0 atom stereocenters. The standard InChI is InChI=1S/C13H15NO3/c1-2-17-8-7-14-6-5-10-3-4-11(13(15)16)9-12(10)14/h3-6,9H,2,7-8H2,1H3,(H,15,16). The van der Waals surface area contributed by atoms with Crippen molar-refractivity contribution in [1.82, 2.24) is 4.57 Å². The number of benzene rings is 1. The predicted molar refractivity (Wildman–Crippen MR) is 65.4 cm³/mol. The van der Waals surface area contributed by atoms with Gasteiger partial charge in [-0.3, -0.25) is 0 Å². The highest BCUT2D eigenvalue weighted by Gasteiger charge is 2.06. The first-order chi connectivity index (χ1) is 8.22. The van der Waals surface area contributed by atoms with E-state index < -0.39 is 5.97 Å². The summed E-state index contributed by atoms with van der Waals surface area (Å²) in [5.74, 6) is -0.899. The molecule has 0 aliphatic carbocycles. The smallest absolute Gasteiger partial charge is 0.335 e. The van der Waals surface area contributed by atoms with Crippen molar-refractivity contribution >= 4 is 16.9 Å². The molecule has 0 amide bonds. The first-order valence-corrected chi connectivity index (χ1v) is 5.62. The van der Waals surface area contributed by atoms with Gasteiger partial charge in [0, 0.05) is 24.9 Å². The third-order valence-corrected chi connectivity index (χ3v) is 2.70. The van der Waals surface area contributed by atoms with Crippen molar-refractivity contribution in [2.75, 3.05) is 13.2 Å². The molecular weight excluding hydrogens is 218 g/mol. The fourth-order valence-electron chi connectivity index (χ4n) is 1.82. The minimum atomic E-state index is -0.899. The van der Waals surface area contributed by atoms with E-state index in [9.17, 15) is 4.79 Å². The Morgan fingerprint density at radius 1 is 1.41 bits per heavy atom. The summed E-state index contributed by atoms with van der Waals surface area (Å²) in [7, 11) is 0. The molecule has 0 unspecified atom stereocenters. The lowest BCUT2D eigenvalue weighted by molar-refractivity contribution is 0.0697. The van der Waals surface area contributed by atoms with Crippen LogP contribution in [0.2, 0.25) is 0 Å². The number of aromatic carboxylic acids is 1. The molecule has 0 fully saturated rings. The molecule has 4 heteroatoms. The molecule has 17 heavy (non-hydrogen) atoms. The number of rotatable bonds is 5. The van der Waals surface area contributed by atoms with Crippen LogP contribution in [0.1, 0.15) is 17.3 Å². The van der Waals surface area contributed by atoms with Crippen molar-refractivity contribution in [2.45, 2.75) is 13.5 Å². The van der Waals surface area contributed by atoms with E-state index in [-0.39, 0.29) is 0 Å². The molecule has 0 aliphatic rings. The quantitative estimate of drug-likeness (QED) is 0.807. The normalized spacial score (nSPS) is 10.9. The van der Waals surface area contributed by atoms with E-state index >= 15 is 0 Å². The Hall–Kier alpha value is -1.81. The van der Waals surface area contributed by atoms with Gasteiger partial charge in [-0.1, -0.05) is 6.07 Å². The number of nitrogens with zero attached hydrogens (tertiary/aromatic N) is 1. The topological polar surface area (TPSA) is 51.5 Å². The Morgan fingerprint density at radius 2 is 2.24 bits per heavy atom. The Morgan fingerprint density at radius 3 is 2.94 bits per heavy atom. The summed E-state index contributed by atoms with van der Waals surface area (Å²) in [6.45, 7) is 4.02. The second-order valence-corrected chi connectivity index (χ2v) is 3.78. The van der Waals surface area contributed by atoms with Gasteiger partial charge < -0.3 is 14.4 Å². The second-order valence-electron chi connectivity index (χ2n) is 3.78. The molecular formula is C13H15NO3. The van der Waals surface area contributed by atoms with Gasteiger partial charge in [0.05, 0.1) is 12.2 Å². The molecule has 90 valence electrons. The fourth-order valence-corrected chi connectivity index (χ4v) is 1.82. The number of ether oxygens (including phenoxy) is 1. The van der Waals surface area contributed by atoms with Crippen LogP contribution in [0.3, 0.4) is 0 Å². The summed E-state index contributed by atoms with van der Waals surface area (Å²) in [5, 5.41) is 10.0. The van der Waals surface area contributed by atoms with E-state index in [1.165, 1.54) is 0 Å². The fraction of sp³-hybridized carbons (Fsp3) is 0.308. The van der Waals surface area contributed by atoms with Gasteiger partial charge in [0.2, 0.25) is 0 Å². The first kappa shape index (κ1) is 11.7. The van der Waals surface area contributed by atoms with Crippen molar-refractivity contribution in [1.29, 1.82) is 0 Å². The van der Waals surface area contributed by atoms with Gasteiger partial charge >= 0.3 is 5.97 Å². The number of hydrogen-bond acceptors (Lipinski definition) is 2. The Bertz CT molecular complexity index is 530. The average molecular weight is 233 g/mol. The molecule has 2 rings (SSSR count). The van der Waals surface area contributed by atoms with Gasteiger partial charge in [0.1, 0.15) is 0 Å². The van der Waals surface area contributed by atoms with E-state index in [0.717, 1.165) is 17.4 Å². The van der Waals surface area contributed by atoms with Crippen molar-refractivity contribution in [3.63, 3.8) is 0 Å². The molecule has 2 aromatic rings. The lowest BCUT2D eigenvalue weighted by Gasteiger charge is -2.05. The molecule has 1 heterocycles. The van der Waals surface area contributed by atoms with Crippen LogP contribution in [-0.2, 0) is 11.3 Å². The highest BCUT2D eigenvalue weighted by molar-refractivity contribution is 5.93. The highest BCUT2D eigenvalue weighted by atomic mass is 16.5. The number of fused-ring (bicyclic) bond motifs is 1. The maximum atomic E-state index is 10.9. The van der Waals surface area contributed by atoms with Crippen LogP contribution in [0, 0.1) is 0 Å². The molecule has 1 N–H and O–H groups in total. The number of carbonyl (C=O) groups is 1. The molecule has 0 spiro atoms. The summed E-state index contributed by atoms with van der Waals surface area (Å²) in [6, 6.07) is 7.13. The van der Waals surface area contributed by atoms with Crippen LogP contribution in [0.25, 0.3) is 10.9 Å². The first-order valence-electron chi connectivity index (χ1n) is 5.62. The SMILES string of the molecule is CCOCCn1ccc2ccc(C(=O)O)cc21. The van der Waals surface area contributed by atoms with Crippen LogP contribution < -0.4 is 0 Å². The van der Waals surface area contributed by atoms with Gasteiger partial charge in [-0.15, -0.1) is 0 Å². The van der Waals surface area contributed by atoms with Crippen LogP contribution in [-0.4, -0.2) is 28.9 Å². The van der Waals surface area contributed by atoms with Crippen molar-refractivity contribution < 1.29 is 14.6 Å². The summed E-state index contributed by atoms with van der Waals surface area (Å²) in [6.07, 6.45) is 1.95. The van der Waals surface area contributed by atoms with Gasteiger partial charge in [-0.2, -0.15) is 0 Å². The lowest BCUT2D eigenvalue weighted by atomic mass is 10.2. The largest absolute Gasteiger partial charge is 0.478 e. The van der Waals surface area contributed by atoms with Gasteiger partial charge in [0.25, 0.3) is 0 Å². The maximum Gasteiger partial charge on any atom is 0.335 e. The van der Waals surface area contributed by atoms with E-state index in [2.05, 4.69) is 0 Å². The van der Waals surface area contributed by atoms with Gasteiger partial charge in [-0.05, 0) is 30.5 Å². The van der Waals surface area contributed by atoms with E-state index in [4.69, 9.17) is 9.84 Å². The van der Waals surface area contributed by atoms with Crippen molar-refractivity contribution in [3.8, 4) is 0 Å². The zero-order valence-electron chi connectivity index (χ0n) is 9.72. The zero-order valence-corrected chi connectivity index (χ0v) is 9.72. The third-order valence-electron chi connectivity index (χ3n) is 2.70. The molecule has 0 radical (unpaired) electrons. The number of aromatic nitrogens is 1. The van der Waals surface area contributed by atoms with Crippen LogP contribution >= 0.6 is 0 Å². The predicted octanol–water partition coefficient (Wildman–Crippen LogP) is 2.38. The average Bonchev–Trinajstić information content (AvgIpc) is 2.72. The summed E-state index contributed by atoms with van der Waals surface area (Å²) in [4.78, 5) is 10.9. The molecule has 0 saturated carbocycles. The summed E-state index contributed by atoms with van der Waals surface area (Å²) >= 11 is 0. The van der Waals surface area contributed by atoms with Crippen molar-refractivity contribution in [3.05, 3.63) is 36.0 Å². The molecule has 0 aliphatic heterocycles. The molecule has 0 saturated heterocycles. The van der Waals surface area contributed by atoms with Crippen LogP contribution in [0.15, 0.2) is 30.5 Å². The van der Waals surface area contributed by atoms with E-state index in [0.29, 0.717) is 18.8 Å². The Balaban J connectivity index is 2.30. The number of carboxylic acid groups (broad SMARTS) is 1. The zero-order chi connectivity index (χ0) is 12.3. The number of hydrogen-bond donors (Lipinski definition) is 1. The van der Waals surface area contributed by atoms with Crippen LogP contribution in [0.5, 0.6) is 0 Å². The Kier molecular flexibility index (Phi) is 3.44. The molecule has 1 aromatic heterocycles. The minimum absolute atomic E-state index is 0.314. The second kappa shape index (κ2) is 5.01. The van der Waals surface area contributed by atoms with Gasteiger partial charge in [0.15, 0.2) is 0 Å². The maximum absolute atomic E-state index is 10.9. The minimum Gasteiger partial charge on any atom is -0.478 e. The molecule has 4 nitrogen and oxygen atoms in total. The summed E-state index contributed by atoms with van der Waals surface area (Å²) < 4.78 is 7.31. The highest BCUT2D eigenvalue weighted by Crippen LogP contribution is 2.17. The van der Waals surface area contributed by atoms with Gasteiger partial charge in [-0.25, -0.2) is 4.79 Å². The third kappa shape index (κ3) is 2.47. The number of carboxylic acids is 1.